The molecule has 2 atom stereocenters. The Morgan fingerprint density at radius 2 is 2.00 bits per heavy atom. The molecule has 0 N–H and O–H groups in total. The smallest absolute Gasteiger partial charge is 0.318 e. The first-order chi connectivity index (χ1) is 15.7. The van der Waals surface area contributed by atoms with Crippen molar-refractivity contribution in [3.63, 3.8) is 0 Å². The highest BCUT2D eigenvalue weighted by atomic mass is 79.9. The van der Waals surface area contributed by atoms with Gasteiger partial charge in [0.2, 0.25) is 0 Å². The summed E-state index contributed by atoms with van der Waals surface area (Å²) in [5, 5.41) is 11.6. The predicted octanol–water partition coefficient (Wildman–Crippen LogP) is 3.38. The number of amides is 1. The quantitative estimate of drug-likeness (QED) is 0.302. The van der Waals surface area contributed by atoms with Crippen LogP contribution in [0, 0.1) is 10.1 Å². The number of benzene rings is 2. The van der Waals surface area contributed by atoms with Gasteiger partial charge in [-0.2, -0.15) is 0 Å². The molecule has 0 bridgehead atoms. The second-order valence-corrected chi connectivity index (χ2v) is 9.84. The van der Waals surface area contributed by atoms with Gasteiger partial charge in [-0.25, -0.2) is 0 Å². The molecule has 1 amide bonds. The molecule has 1 aliphatic heterocycles. The number of piperazine rings is 1. The summed E-state index contributed by atoms with van der Waals surface area (Å²) in [7, 11) is -1.96. The molecule has 1 unspecified atom stereocenters. The molecule has 0 aromatic heterocycles. The van der Waals surface area contributed by atoms with Gasteiger partial charge < -0.3 is 14.5 Å². The predicted molar refractivity (Wildman–Crippen MR) is 128 cm³/mol. The molecule has 2 aromatic rings. The summed E-state index contributed by atoms with van der Waals surface area (Å²) in [6.07, 6.45) is 0. The molecule has 0 radical (unpaired) electrons. The van der Waals surface area contributed by atoms with E-state index in [1.807, 2.05) is 31.2 Å². The van der Waals surface area contributed by atoms with Gasteiger partial charge >= 0.3 is 5.97 Å². The Hall–Kier alpha value is -2.79. The topological polar surface area (TPSA) is 110 Å². The number of nitro groups is 1. The van der Waals surface area contributed by atoms with E-state index in [-0.39, 0.29) is 29.0 Å². The van der Waals surface area contributed by atoms with Crippen LogP contribution in [-0.2, 0) is 20.3 Å². The van der Waals surface area contributed by atoms with E-state index in [1.165, 1.54) is 12.1 Å². The number of rotatable bonds is 7. The summed E-state index contributed by atoms with van der Waals surface area (Å²) >= 11 is 3.48. The minimum atomic E-state index is -1.96. The van der Waals surface area contributed by atoms with Crippen molar-refractivity contribution in [2.24, 2.45) is 0 Å². The largest absolute Gasteiger partial charge is 0.465 e. The molecule has 1 heterocycles. The Morgan fingerprint density at radius 3 is 2.64 bits per heavy atom. The average Bonchev–Trinajstić information content (AvgIpc) is 2.78. The zero-order valence-electron chi connectivity index (χ0n) is 18.2. The molecule has 3 rings (SSSR count). The lowest BCUT2D eigenvalue weighted by molar-refractivity contribution is -0.387. The van der Waals surface area contributed by atoms with Gasteiger partial charge in [-0.1, -0.05) is 22.0 Å². The van der Waals surface area contributed by atoms with Crippen LogP contribution < -0.4 is 4.90 Å². The second-order valence-electron chi connectivity index (χ2n) is 7.51. The molecular formula is C22H24BrN3O6S. The molecule has 2 aromatic carbocycles. The Morgan fingerprint density at radius 1 is 1.24 bits per heavy atom. The number of nitro benzene ring substituents is 1. The Labute approximate surface area is 202 Å². The summed E-state index contributed by atoms with van der Waals surface area (Å²) in [6, 6.07) is 11.8. The van der Waals surface area contributed by atoms with Crippen LogP contribution in [-0.4, -0.2) is 63.9 Å². The van der Waals surface area contributed by atoms with Crippen molar-refractivity contribution in [3.05, 3.63) is 62.6 Å². The van der Waals surface area contributed by atoms with Crippen molar-refractivity contribution in [1.29, 1.82) is 0 Å². The molecule has 9 nitrogen and oxygen atoms in total. The molecular weight excluding hydrogens is 514 g/mol. The van der Waals surface area contributed by atoms with Gasteiger partial charge in [0, 0.05) is 47.5 Å². The molecule has 0 saturated carbocycles. The van der Waals surface area contributed by atoms with Crippen molar-refractivity contribution in [2.45, 2.75) is 24.8 Å². The molecule has 0 aliphatic carbocycles. The number of esters is 1. The number of carbonyl (C=O) groups excluding carboxylic acids is 2. The number of hydrogen-bond acceptors (Lipinski definition) is 7. The van der Waals surface area contributed by atoms with Crippen LogP contribution in [0.4, 0.5) is 11.4 Å². The monoisotopic (exact) mass is 537 g/mol. The molecule has 1 aliphatic rings. The highest BCUT2D eigenvalue weighted by Gasteiger charge is 2.30. The number of hydrogen-bond donors (Lipinski definition) is 0. The fraction of sp³-hybridized carbons (Fsp3) is 0.364. The zero-order valence-corrected chi connectivity index (χ0v) is 20.6. The lowest BCUT2D eigenvalue weighted by atomic mass is 10.1. The number of ether oxygens (including phenoxy) is 1. The fourth-order valence-corrected chi connectivity index (χ4v) is 5.16. The van der Waals surface area contributed by atoms with E-state index in [1.54, 1.807) is 11.8 Å². The second kappa shape index (κ2) is 10.9. The first-order valence-electron chi connectivity index (χ1n) is 10.3. The van der Waals surface area contributed by atoms with Crippen LogP contribution in [0.5, 0.6) is 0 Å². The third-order valence-corrected chi connectivity index (χ3v) is 7.08. The summed E-state index contributed by atoms with van der Waals surface area (Å²) in [4.78, 5) is 39.4. The third kappa shape index (κ3) is 5.97. The maximum absolute atomic E-state index is 13.1. The first kappa shape index (κ1) is 24.8. The van der Waals surface area contributed by atoms with Crippen LogP contribution in [0.2, 0.25) is 0 Å². The standard InChI is InChI=1S/C22H24BrN3O6S/c1-3-32-21(27)14-33(31)20-8-7-16(11-19(20)26(29)30)22(28)24-9-10-25(15(2)13-24)18-6-4-5-17(23)12-18/h4-8,11-12,15H,3,9-10,13-14H2,1-2H3/t15-,33?/m1/s1. The highest BCUT2D eigenvalue weighted by Crippen LogP contribution is 2.27. The summed E-state index contributed by atoms with van der Waals surface area (Å²) in [6.45, 7) is 5.29. The lowest BCUT2D eigenvalue weighted by Gasteiger charge is -2.41. The zero-order chi connectivity index (χ0) is 24.1. The van der Waals surface area contributed by atoms with Gasteiger partial charge in [0.05, 0.1) is 22.3 Å². The Kier molecular flexibility index (Phi) is 8.20. The van der Waals surface area contributed by atoms with E-state index in [0.29, 0.717) is 19.6 Å². The minimum Gasteiger partial charge on any atom is -0.465 e. The van der Waals surface area contributed by atoms with Crippen molar-refractivity contribution < 1.29 is 23.5 Å². The first-order valence-corrected chi connectivity index (χ1v) is 12.5. The Bertz CT molecular complexity index is 1100. The lowest BCUT2D eigenvalue weighted by Crippen LogP contribution is -2.53. The molecule has 1 saturated heterocycles. The minimum absolute atomic E-state index is 0.0448. The highest BCUT2D eigenvalue weighted by molar-refractivity contribution is 9.10. The maximum atomic E-state index is 13.1. The van der Waals surface area contributed by atoms with Crippen molar-refractivity contribution in [1.82, 2.24) is 4.90 Å². The number of halogens is 1. The van der Waals surface area contributed by atoms with Crippen LogP contribution in [0.1, 0.15) is 24.2 Å². The number of anilines is 1. The van der Waals surface area contributed by atoms with Crippen LogP contribution in [0.3, 0.4) is 0 Å². The summed E-state index contributed by atoms with van der Waals surface area (Å²) < 4.78 is 18.2. The van der Waals surface area contributed by atoms with Crippen LogP contribution in [0.25, 0.3) is 0 Å². The van der Waals surface area contributed by atoms with E-state index < -0.39 is 33.1 Å². The molecule has 11 heteroatoms. The third-order valence-electron chi connectivity index (χ3n) is 5.26. The van der Waals surface area contributed by atoms with Crippen LogP contribution >= 0.6 is 15.9 Å². The maximum Gasteiger partial charge on any atom is 0.318 e. The van der Waals surface area contributed by atoms with Crippen LogP contribution in [0.15, 0.2) is 51.8 Å². The van der Waals surface area contributed by atoms with Gasteiger partial charge in [0.15, 0.2) is 0 Å². The van der Waals surface area contributed by atoms with Gasteiger partial charge in [0.1, 0.15) is 10.6 Å². The van der Waals surface area contributed by atoms with Crippen molar-refractivity contribution in [2.75, 3.05) is 36.9 Å². The van der Waals surface area contributed by atoms with Gasteiger partial charge in [0.25, 0.3) is 11.6 Å². The molecule has 0 spiro atoms. The summed E-state index contributed by atoms with van der Waals surface area (Å²) in [5.41, 5.74) is 0.735. The average molecular weight is 538 g/mol. The fourth-order valence-electron chi connectivity index (χ4n) is 3.74. The Balaban J connectivity index is 1.76. The van der Waals surface area contributed by atoms with E-state index >= 15 is 0 Å². The van der Waals surface area contributed by atoms with Gasteiger partial charge in [-0.05, 0) is 44.2 Å². The van der Waals surface area contributed by atoms with Gasteiger partial charge in [-0.15, -0.1) is 0 Å². The van der Waals surface area contributed by atoms with Crippen molar-refractivity contribution >= 4 is 50.0 Å². The summed E-state index contributed by atoms with van der Waals surface area (Å²) in [5.74, 6) is -1.53. The van der Waals surface area contributed by atoms with Crippen molar-refractivity contribution in [3.8, 4) is 0 Å². The number of carbonyl (C=O) groups is 2. The van der Waals surface area contributed by atoms with E-state index in [4.69, 9.17) is 4.74 Å². The van der Waals surface area contributed by atoms with E-state index in [0.717, 1.165) is 16.2 Å². The van der Waals surface area contributed by atoms with Gasteiger partial charge in [-0.3, -0.25) is 23.9 Å². The number of nitrogens with zero attached hydrogens (tertiary/aromatic N) is 3. The molecule has 176 valence electrons. The molecule has 33 heavy (non-hydrogen) atoms. The van der Waals surface area contributed by atoms with E-state index in [2.05, 4.69) is 20.8 Å². The SMILES string of the molecule is CCOC(=O)CS(=O)c1ccc(C(=O)N2CCN(c3cccc(Br)c3)[C@H](C)C2)cc1[N+](=O)[O-]. The normalized spacial score (nSPS) is 16.9. The molecule has 1 fully saturated rings. The van der Waals surface area contributed by atoms with E-state index in [9.17, 15) is 23.9 Å².